The minimum atomic E-state index is -0.771. The zero-order chi connectivity index (χ0) is 15.0. The zero-order valence-corrected chi connectivity index (χ0v) is 11.1. The summed E-state index contributed by atoms with van der Waals surface area (Å²) in [6.07, 6.45) is -1.38. The molecule has 2 aliphatic rings. The predicted molar refractivity (Wildman–Crippen MR) is 69.5 cm³/mol. The van der Waals surface area contributed by atoms with Gasteiger partial charge in [0.2, 0.25) is 12.4 Å². The number of cyclic esters (lactones) is 1. The molecule has 0 saturated carbocycles. The topological polar surface area (TPSA) is 100 Å². The summed E-state index contributed by atoms with van der Waals surface area (Å²) < 4.78 is 10.4. The van der Waals surface area contributed by atoms with E-state index in [1.54, 1.807) is 6.92 Å². The highest BCUT2D eigenvalue weighted by molar-refractivity contribution is 6.13. The third kappa shape index (κ3) is 2.23. The smallest absolute Gasteiger partial charge is 0.321 e. The molecule has 8 nitrogen and oxygen atoms in total. The van der Waals surface area contributed by atoms with Gasteiger partial charge < -0.3 is 14.3 Å². The fourth-order valence-electron chi connectivity index (χ4n) is 2.38. The summed E-state index contributed by atoms with van der Waals surface area (Å²) in [5, 5.41) is 14.6. The number of rotatable bonds is 4. The Kier molecular flexibility index (Phi) is 3.30. The number of oxime groups is 1. The van der Waals surface area contributed by atoms with Crippen molar-refractivity contribution < 1.29 is 24.0 Å². The maximum atomic E-state index is 11.9. The Morgan fingerprint density at radius 3 is 2.71 bits per heavy atom. The number of hydrogen-bond acceptors (Lipinski definition) is 7. The van der Waals surface area contributed by atoms with Crippen molar-refractivity contribution in [2.45, 2.75) is 19.3 Å². The van der Waals surface area contributed by atoms with E-state index in [1.165, 1.54) is 24.3 Å². The van der Waals surface area contributed by atoms with Crippen LogP contribution in [0.25, 0.3) is 0 Å². The molecule has 110 valence electrons. The van der Waals surface area contributed by atoms with Crippen LogP contribution in [0.3, 0.4) is 0 Å². The Balaban J connectivity index is 1.84. The number of nitro groups is 1. The Bertz CT molecular complexity index is 612. The molecule has 1 fully saturated rings. The van der Waals surface area contributed by atoms with Crippen molar-refractivity contribution in [1.82, 2.24) is 0 Å². The third-order valence-corrected chi connectivity index (χ3v) is 3.36. The number of benzene rings is 1. The van der Waals surface area contributed by atoms with E-state index >= 15 is 0 Å². The second kappa shape index (κ2) is 5.13. The largest absolute Gasteiger partial charge is 0.431 e. The first kappa shape index (κ1) is 13.5. The lowest BCUT2D eigenvalue weighted by atomic mass is 9.94. The van der Waals surface area contributed by atoms with Gasteiger partial charge in [-0.3, -0.25) is 14.9 Å². The highest BCUT2D eigenvalue weighted by Crippen LogP contribution is 2.34. The summed E-state index contributed by atoms with van der Waals surface area (Å²) in [6.45, 7) is 2.17. The molecule has 0 aromatic heterocycles. The molecular weight excluding hydrogens is 280 g/mol. The number of carbonyl (C=O) groups excluding carboxylic acids is 1. The molecule has 0 unspecified atom stereocenters. The number of nitrogens with zero attached hydrogens (tertiary/aromatic N) is 2. The van der Waals surface area contributed by atoms with E-state index in [1.807, 2.05) is 0 Å². The second-order valence-corrected chi connectivity index (χ2v) is 4.59. The Morgan fingerprint density at radius 2 is 2.10 bits per heavy atom. The standard InChI is InChI=1S/C13H12N2O6/c1-2-19-13-11-9(12(16)20-13)10(14-21-11)7-3-5-8(6-4-7)15(17)18/h3-6,9,11,13H,2H2,1H3/t9-,11+,13-/m1/s1. The van der Waals surface area contributed by atoms with Crippen LogP contribution in [0.2, 0.25) is 0 Å². The van der Waals surface area contributed by atoms with Crippen LogP contribution in [-0.4, -0.2) is 35.6 Å². The summed E-state index contributed by atoms with van der Waals surface area (Å²) in [5.74, 6) is -1.13. The van der Waals surface area contributed by atoms with Gasteiger partial charge in [0.15, 0.2) is 0 Å². The van der Waals surface area contributed by atoms with Crippen LogP contribution < -0.4 is 0 Å². The van der Waals surface area contributed by atoms with Gasteiger partial charge in [-0.2, -0.15) is 0 Å². The van der Waals surface area contributed by atoms with E-state index in [4.69, 9.17) is 14.3 Å². The maximum Gasteiger partial charge on any atom is 0.321 e. The predicted octanol–water partition coefficient (Wildman–Crippen LogP) is 1.23. The van der Waals surface area contributed by atoms with Gasteiger partial charge in [0, 0.05) is 24.3 Å². The third-order valence-electron chi connectivity index (χ3n) is 3.36. The lowest BCUT2D eigenvalue weighted by Crippen LogP contribution is -2.30. The van der Waals surface area contributed by atoms with Crippen molar-refractivity contribution in [2.24, 2.45) is 11.1 Å². The molecule has 0 amide bonds. The number of ether oxygens (including phenoxy) is 2. The molecule has 1 aromatic rings. The van der Waals surface area contributed by atoms with Crippen LogP contribution in [0.1, 0.15) is 12.5 Å². The van der Waals surface area contributed by atoms with Crippen molar-refractivity contribution in [2.75, 3.05) is 6.61 Å². The minimum Gasteiger partial charge on any atom is -0.431 e. The van der Waals surface area contributed by atoms with Crippen molar-refractivity contribution in [3.8, 4) is 0 Å². The molecule has 0 N–H and O–H groups in total. The van der Waals surface area contributed by atoms with Crippen LogP contribution >= 0.6 is 0 Å². The molecule has 3 rings (SSSR count). The monoisotopic (exact) mass is 292 g/mol. The molecule has 2 heterocycles. The number of non-ortho nitro benzene ring substituents is 1. The molecule has 0 bridgehead atoms. The van der Waals surface area contributed by atoms with Gasteiger partial charge >= 0.3 is 5.97 Å². The average molecular weight is 292 g/mol. The van der Waals surface area contributed by atoms with Crippen LogP contribution in [0.15, 0.2) is 29.4 Å². The highest BCUT2D eigenvalue weighted by Gasteiger charge is 2.54. The van der Waals surface area contributed by atoms with E-state index in [9.17, 15) is 14.9 Å². The number of nitro benzene ring substituents is 1. The van der Waals surface area contributed by atoms with Crippen LogP contribution in [0.4, 0.5) is 5.69 Å². The van der Waals surface area contributed by atoms with E-state index in [2.05, 4.69) is 5.16 Å². The quantitative estimate of drug-likeness (QED) is 0.470. The highest BCUT2D eigenvalue weighted by atomic mass is 16.8. The van der Waals surface area contributed by atoms with Crippen molar-refractivity contribution in [3.63, 3.8) is 0 Å². The van der Waals surface area contributed by atoms with Crippen molar-refractivity contribution in [1.29, 1.82) is 0 Å². The fourth-order valence-corrected chi connectivity index (χ4v) is 2.38. The maximum absolute atomic E-state index is 11.9. The van der Waals surface area contributed by atoms with Crippen LogP contribution in [-0.2, 0) is 19.1 Å². The first-order valence-electron chi connectivity index (χ1n) is 6.42. The Morgan fingerprint density at radius 1 is 1.38 bits per heavy atom. The lowest BCUT2D eigenvalue weighted by molar-refractivity contribution is -0.384. The lowest BCUT2D eigenvalue weighted by Gasteiger charge is -2.13. The van der Waals surface area contributed by atoms with E-state index in [-0.39, 0.29) is 5.69 Å². The molecule has 0 radical (unpaired) electrons. The number of fused-ring (bicyclic) bond motifs is 1. The van der Waals surface area contributed by atoms with E-state index in [0.29, 0.717) is 17.9 Å². The molecule has 1 aromatic carbocycles. The molecular formula is C13H12N2O6. The summed E-state index contributed by atoms with van der Waals surface area (Å²) in [4.78, 5) is 27.3. The van der Waals surface area contributed by atoms with Crippen molar-refractivity contribution in [3.05, 3.63) is 39.9 Å². The number of hydrogen-bond donors (Lipinski definition) is 0. The van der Waals surface area contributed by atoms with Gasteiger partial charge in [-0.15, -0.1) is 0 Å². The Labute approximate surface area is 119 Å². The van der Waals surface area contributed by atoms with Gasteiger partial charge in [0.05, 0.1) is 4.92 Å². The summed E-state index contributed by atoms with van der Waals surface area (Å²) >= 11 is 0. The molecule has 21 heavy (non-hydrogen) atoms. The minimum absolute atomic E-state index is 0.0315. The molecule has 8 heteroatoms. The van der Waals surface area contributed by atoms with Gasteiger partial charge in [-0.25, -0.2) is 0 Å². The van der Waals surface area contributed by atoms with E-state index in [0.717, 1.165) is 0 Å². The van der Waals surface area contributed by atoms with Gasteiger partial charge in [-0.05, 0) is 19.1 Å². The fraction of sp³-hybridized carbons (Fsp3) is 0.385. The first-order valence-corrected chi connectivity index (χ1v) is 6.42. The van der Waals surface area contributed by atoms with Gasteiger partial charge in [0.25, 0.3) is 5.69 Å². The molecule has 2 aliphatic heterocycles. The summed E-state index contributed by atoms with van der Waals surface area (Å²) in [7, 11) is 0. The van der Waals surface area contributed by atoms with Gasteiger partial charge in [-0.1, -0.05) is 5.16 Å². The summed E-state index contributed by atoms with van der Waals surface area (Å²) in [6, 6.07) is 5.77. The van der Waals surface area contributed by atoms with Crippen LogP contribution in [0.5, 0.6) is 0 Å². The number of carbonyl (C=O) groups is 1. The SMILES string of the molecule is CCO[C@@H]1OC(=O)[C@@H]2C(c3ccc([N+](=O)[O-])cc3)=NO[C@H]12. The number of esters is 1. The normalized spacial score (nSPS) is 26.8. The summed E-state index contributed by atoms with van der Waals surface area (Å²) in [5.41, 5.74) is 0.959. The van der Waals surface area contributed by atoms with E-state index < -0.39 is 29.2 Å². The zero-order valence-electron chi connectivity index (χ0n) is 11.1. The molecule has 0 spiro atoms. The molecule has 0 aliphatic carbocycles. The first-order chi connectivity index (χ1) is 10.1. The molecule has 1 saturated heterocycles. The average Bonchev–Trinajstić information content (AvgIpc) is 3.02. The van der Waals surface area contributed by atoms with Gasteiger partial charge in [0.1, 0.15) is 11.6 Å². The van der Waals surface area contributed by atoms with Crippen LogP contribution in [0, 0.1) is 16.0 Å². The second-order valence-electron chi connectivity index (χ2n) is 4.59. The molecule has 3 atom stereocenters. The van der Waals surface area contributed by atoms with Crippen molar-refractivity contribution >= 4 is 17.4 Å². The Hall–Kier alpha value is -2.48.